The van der Waals surface area contributed by atoms with E-state index in [9.17, 15) is 0 Å². The normalized spacial score (nSPS) is 14.7. The van der Waals surface area contributed by atoms with Crippen LogP contribution >= 0.6 is 0 Å². The predicted octanol–water partition coefficient (Wildman–Crippen LogP) is 2.88. The number of aromatic nitrogens is 3. The molecule has 1 heterocycles. The molecule has 1 N–H and O–H groups in total. The molecule has 1 aromatic carbocycles. The molecule has 0 saturated heterocycles. The van der Waals surface area contributed by atoms with E-state index in [-0.39, 0.29) is 0 Å². The number of aryl methyl sites for hydroxylation is 1. The Morgan fingerprint density at radius 2 is 2.07 bits per heavy atom. The second-order valence-electron chi connectivity index (χ2n) is 7.66. The summed E-state index contributed by atoms with van der Waals surface area (Å²) in [5.74, 6) is 3.52. The number of benzene rings is 1. The fourth-order valence-corrected chi connectivity index (χ4v) is 3.85. The summed E-state index contributed by atoms with van der Waals surface area (Å²) in [5.41, 5.74) is 1.09. The first-order valence-corrected chi connectivity index (χ1v) is 10.7. The molecule has 0 radical (unpaired) electrons. The van der Waals surface area contributed by atoms with Gasteiger partial charge in [0.25, 0.3) is 0 Å². The van der Waals surface area contributed by atoms with Crippen LogP contribution in [-0.2, 0) is 19.5 Å². The maximum absolute atomic E-state index is 5.57. The van der Waals surface area contributed by atoms with Gasteiger partial charge in [0.15, 0.2) is 5.96 Å². The van der Waals surface area contributed by atoms with E-state index in [2.05, 4.69) is 39.0 Å². The number of methoxy groups -OCH3 is 2. The summed E-state index contributed by atoms with van der Waals surface area (Å²) in [4.78, 5) is 7.07. The summed E-state index contributed by atoms with van der Waals surface area (Å²) in [6, 6.07) is 6.42. The van der Waals surface area contributed by atoms with Crippen molar-refractivity contribution in [2.75, 3.05) is 27.8 Å². The van der Waals surface area contributed by atoms with Crippen LogP contribution in [0.5, 0.6) is 11.5 Å². The number of hydrogen-bond acceptors (Lipinski definition) is 5. The first-order chi connectivity index (χ1) is 14.6. The SMILES string of the molecule is CCc1nncn1CCN=C(NC1CCCC1)N(C)Cc1ccc(OC)cc1OC. The molecule has 2 aromatic rings. The molecule has 0 spiro atoms. The number of nitrogens with one attached hydrogen (secondary N) is 1. The first kappa shape index (κ1) is 21.9. The van der Waals surface area contributed by atoms with E-state index in [1.807, 2.05) is 18.2 Å². The van der Waals surface area contributed by atoms with Gasteiger partial charge in [-0.05, 0) is 25.0 Å². The first-order valence-electron chi connectivity index (χ1n) is 10.7. The number of guanidine groups is 1. The molecule has 0 bridgehead atoms. The van der Waals surface area contributed by atoms with E-state index in [1.54, 1.807) is 20.5 Å². The highest BCUT2D eigenvalue weighted by atomic mass is 16.5. The van der Waals surface area contributed by atoms with Gasteiger partial charge >= 0.3 is 0 Å². The Hall–Kier alpha value is -2.77. The molecular formula is C22H34N6O2. The van der Waals surface area contributed by atoms with Crippen LogP contribution in [0, 0.1) is 0 Å². The Morgan fingerprint density at radius 3 is 2.77 bits per heavy atom. The minimum atomic E-state index is 0.491. The zero-order valence-electron chi connectivity index (χ0n) is 18.6. The highest BCUT2D eigenvalue weighted by molar-refractivity contribution is 5.80. The summed E-state index contributed by atoms with van der Waals surface area (Å²) < 4.78 is 13.0. The summed E-state index contributed by atoms with van der Waals surface area (Å²) >= 11 is 0. The van der Waals surface area contributed by atoms with Gasteiger partial charge in [0.05, 0.1) is 20.8 Å². The highest BCUT2D eigenvalue weighted by Gasteiger charge is 2.19. The molecule has 0 amide bonds. The summed E-state index contributed by atoms with van der Waals surface area (Å²) in [5, 5.41) is 11.8. The van der Waals surface area contributed by atoms with Gasteiger partial charge in [0.1, 0.15) is 23.7 Å². The number of nitrogens with zero attached hydrogens (tertiary/aromatic N) is 5. The maximum Gasteiger partial charge on any atom is 0.194 e. The molecule has 8 nitrogen and oxygen atoms in total. The van der Waals surface area contributed by atoms with Crippen LogP contribution in [0.25, 0.3) is 0 Å². The fourth-order valence-electron chi connectivity index (χ4n) is 3.85. The fraction of sp³-hybridized carbons (Fsp3) is 0.591. The molecule has 1 saturated carbocycles. The van der Waals surface area contributed by atoms with Gasteiger partial charge in [0, 0.05) is 44.2 Å². The Morgan fingerprint density at radius 1 is 1.27 bits per heavy atom. The molecule has 3 rings (SSSR count). The van der Waals surface area contributed by atoms with Gasteiger partial charge in [-0.15, -0.1) is 10.2 Å². The molecule has 0 unspecified atom stereocenters. The molecule has 0 atom stereocenters. The summed E-state index contributed by atoms with van der Waals surface area (Å²) in [7, 11) is 5.42. The third-order valence-electron chi connectivity index (χ3n) is 5.57. The van der Waals surface area contributed by atoms with Gasteiger partial charge in [-0.3, -0.25) is 4.99 Å². The van der Waals surface area contributed by atoms with Gasteiger partial charge in [-0.1, -0.05) is 19.8 Å². The van der Waals surface area contributed by atoms with Crippen LogP contribution in [0.2, 0.25) is 0 Å². The van der Waals surface area contributed by atoms with Crippen molar-refractivity contribution in [2.24, 2.45) is 4.99 Å². The lowest BCUT2D eigenvalue weighted by molar-refractivity contribution is 0.381. The number of rotatable bonds is 9. The minimum absolute atomic E-state index is 0.491. The Bertz CT molecular complexity index is 829. The van der Waals surface area contributed by atoms with E-state index in [1.165, 1.54) is 25.7 Å². The van der Waals surface area contributed by atoms with E-state index >= 15 is 0 Å². The van der Waals surface area contributed by atoms with Gasteiger partial charge in [-0.2, -0.15) is 0 Å². The minimum Gasteiger partial charge on any atom is -0.497 e. The largest absolute Gasteiger partial charge is 0.497 e. The lowest BCUT2D eigenvalue weighted by Crippen LogP contribution is -2.43. The zero-order valence-corrected chi connectivity index (χ0v) is 18.6. The molecule has 0 aliphatic heterocycles. The van der Waals surface area contributed by atoms with Crippen molar-refractivity contribution >= 4 is 5.96 Å². The van der Waals surface area contributed by atoms with Crippen LogP contribution in [0.1, 0.15) is 44.0 Å². The lowest BCUT2D eigenvalue weighted by atomic mass is 10.2. The van der Waals surface area contributed by atoms with Crippen molar-refractivity contribution in [2.45, 2.75) is 58.2 Å². The third-order valence-corrected chi connectivity index (χ3v) is 5.57. The van der Waals surface area contributed by atoms with Crippen molar-refractivity contribution in [3.63, 3.8) is 0 Å². The molecule has 164 valence electrons. The van der Waals surface area contributed by atoms with Crippen LogP contribution < -0.4 is 14.8 Å². The maximum atomic E-state index is 5.57. The van der Waals surface area contributed by atoms with Crippen molar-refractivity contribution in [3.05, 3.63) is 35.9 Å². The lowest BCUT2D eigenvalue weighted by Gasteiger charge is -2.26. The standard InChI is InChI=1S/C22H34N6O2/c1-5-21-26-24-16-28(21)13-12-23-22(25-18-8-6-7-9-18)27(2)15-17-10-11-19(29-3)14-20(17)30-4/h10-11,14,16,18H,5-9,12-13,15H2,1-4H3,(H,23,25). The molecule has 30 heavy (non-hydrogen) atoms. The van der Waals surface area contributed by atoms with Crippen LogP contribution in [-0.4, -0.2) is 59.5 Å². The monoisotopic (exact) mass is 414 g/mol. The van der Waals surface area contributed by atoms with E-state index in [0.717, 1.165) is 41.8 Å². The average Bonchev–Trinajstić information content (AvgIpc) is 3.44. The summed E-state index contributed by atoms with van der Waals surface area (Å²) in [6.45, 7) is 4.22. The quantitative estimate of drug-likeness (QED) is 0.502. The van der Waals surface area contributed by atoms with Crippen molar-refractivity contribution in [3.8, 4) is 11.5 Å². The van der Waals surface area contributed by atoms with E-state index < -0.39 is 0 Å². The summed E-state index contributed by atoms with van der Waals surface area (Å²) in [6.07, 6.45) is 7.61. The van der Waals surface area contributed by atoms with Gasteiger partial charge in [0.2, 0.25) is 0 Å². The van der Waals surface area contributed by atoms with E-state index in [4.69, 9.17) is 14.5 Å². The second kappa shape index (κ2) is 10.8. The number of ether oxygens (including phenoxy) is 2. The van der Waals surface area contributed by atoms with Gasteiger partial charge in [-0.25, -0.2) is 0 Å². The smallest absolute Gasteiger partial charge is 0.194 e. The van der Waals surface area contributed by atoms with Gasteiger partial charge < -0.3 is 24.3 Å². The van der Waals surface area contributed by atoms with Crippen molar-refractivity contribution in [1.29, 1.82) is 0 Å². The Kier molecular flexibility index (Phi) is 7.93. The average molecular weight is 415 g/mol. The molecule has 1 aliphatic carbocycles. The Labute approximate surface area is 179 Å². The van der Waals surface area contributed by atoms with Crippen molar-refractivity contribution < 1.29 is 9.47 Å². The van der Waals surface area contributed by atoms with Crippen molar-refractivity contribution in [1.82, 2.24) is 25.0 Å². The molecule has 1 aromatic heterocycles. The topological polar surface area (TPSA) is 76.8 Å². The van der Waals surface area contributed by atoms with Crippen LogP contribution in [0.15, 0.2) is 29.5 Å². The second-order valence-corrected chi connectivity index (χ2v) is 7.66. The zero-order chi connectivity index (χ0) is 21.3. The van der Waals surface area contributed by atoms with Crippen LogP contribution in [0.4, 0.5) is 0 Å². The molecule has 1 aliphatic rings. The number of aliphatic imine (C=N–C) groups is 1. The molecular weight excluding hydrogens is 380 g/mol. The van der Waals surface area contributed by atoms with E-state index in [0.29, 0.717) is 19.1 Å². The molecule has 1 fully saturated rings. The van der Waals surface area contributed by atoms with Crippen LogP contribution in [0.3, 0.4) is 0 Å². The predicted molar refractivity (Wildman–Crippen MR) is 118 cm³/mol. The highest BCUT2D eigenvalue weighted by Crippen LogP contribution is 2.25. The Balaban J connectivity index is 1.72. The number of hydrogen-bond donors (Lipinski definition) is 1. The third kappa shape index (κ3) is 5.64. The molecule has 8 heteroatoms.